The molecule has 1 spiro atoms. The minimum atomic E-state index is -0.429. The maximum atomic E-state index is 2.52. The van der Waals surface area contributed by atoms with Crippen LogP contribution in [0, 0.1) is 0 Å². The lowest BCUT2D eigenvalue weighted by molar-refractivity contribution is 0.793. The average molecular weight is 716 g/mol. The molecule has 0 saturated carbocycles. The number of thiophene rings is 1. The molecule has 55 heavy (non-hydrogen) atoms. The van der Waals surface area contributed by atoms with Gasteiger partial charge in [0, 0.05) is 42.4 Å². The smallest absolute Gasteiger partial charge is 0.0726 e. The largest absolute Gasteiger partial charge is 0.309 e. The van der Waals surface area contributed by atoms with Crippen LogP contribution in [0.4, 0.5) is 17.1 Å². The summed E-state index contributed by atoms with van der Waals surface area (Å²) in [4.78, 5) is 2.52. The highest BCUT2D eigenvalue weighted by molar-refractivity contribution is 7.26. The molecule has 0 atom stereocenters. The van der Waals surface area contributed by atoms with Crippen LogP contribution in [0.25, 0.3) is 64.3 Å². The van der Waals surface area contributed by atoms with Gasteiger partial charge in [-0.25, -0.2) is 0 Å². The van der Waals surface area contributed by atoms with Gasteiger partial charge in [-0.2, -0.15) is 0 Å². The van der Waals surface area contributed by atoms with Crippen LogP contribution in [0.5, 0.6) is 0 Å². The van der Waals surface area contributed by atoms with Gasteiger partial charge in [-0.15, -0.1) is 11.3 Å². The molecule has 2 aliphatic rings. The molecule has 0 bridgehead atoms. The second kappa shape index (κ2) is 11.6. The first-order valence-electron chi connectivity index (χ1n) is 19.0. The monoisotopic (exact) mass is 715 g/mol. The first-order valence-corrected chi connectivity index (χ1v) is 19.8. The molecule has 10 aromatic rings. The minimum absolute atomic E-state index is 0.429. The first kappa shape index (κ1) is 30.7. The molecule has 2 aliphatic carbocycles. The van der Waals surface area contributed by atoms with Gasteiger partial charge in [-0.05, 0) is 80.2 Å². The predicted molar refractivity (Wildman–Crippen MR) is 233 cm³/mol. The molecular weight excluding hydrogens is 683 g/mol. The number of hydrogen-bond donors (Lipinski definition) is 0. The lowest BCUT2D eigenvalue weighted by atomic mass is 9.70. The Labute approximate surface area is 324 Å². The lowest BCUT2D eigenvalue weighted by Gasteiger charge is -2.33. The van der Waals surface area contributed by atoms with Gasteiger partial charge < -0.3 is 4.90 Å². The van der Waals surface area contributed by atoms with E-state index in [1.165, 1.54) is 86.6 Å². The van der Waals surface area contributed by atoms with Crippen molar-refractivity contribution in [2.45, 2.75) is 5.41 Å². The van der Waals surface area contributed by atoms with Crippen molar-refractivity contribution in [2.75, 3.05) is 4.90 Å². The van der Waals surface area contributed by atoms with E-state index in [-0.39, 0.29) is 0 Å². The molecule has 12 rings (SSSR count). The van der Waals surface area contributed by atoms with E-state index in [1.54, 1.807) is 0 Å². The second-order valence-electron chi connectivity index (χ2n) is 14.7. The van der Waals surface area contributed by atoms with Crippen LogP contribution in [0.15, 0.2) is 200 Å². The summed E-state index contributed by atoms with van der Waals surface area (Å²) in [7, 11) is 0. The summed E-state index contributed by atoms with van der Waals surface area (Å²) in [5.41, 5.74) is 16.1. The topological polar surface area (TPSA) is 3.24 Å². The average Bonchev–Trinajstić information content (AvgIpc) is 3.88. The van der Waals surface area contributed by atoms with E-state index in [2.05, 4.69) is 205 Å². The van der Waals surface area contributed by atoms with Gasteiger partial charge in [0.15, 0.2) is 0 Å². The normalized spacial score (nSPS) is 13.2. The molecule has 1 aromatic heterocycles. The number of para-hydroxylation sites is 1. The van der Waals surface area contributed by atoms with Gasteiger partial charge in [-0.3, -0.25) is 0 Å². The first-order chi connectivity index (χ1) is 27.3. The molecule has 2 heteroatoms. The molecule has 0 N–H and O–H groups in total. The fourth-order valence-electron chi connectivity index (χ4n) is 9.89. The molecule has 0 radical (unpaired) electrons. The summed E-state index contributed by atoms with van der Waals surface area (Å²) in [5, 5.41) is 5.06. The van der Waals surface area contributed by atoms with E-state index in [1.807, 2.05) is 11.3 Å². The SMILES string of the molecule is c1ccc(N(c2ccc3c(c2)C2(c4ccccc4-c4ccccc42)c2ccccc2-3)c2cccc3ccccc23)c(-c2cccc3c2sc2ccccc23)c1. The standard InChI is InChI=1S/C53H33NS/c1-2-17-36-34(15-1)16-13-29-49(36)54(50-28-11-6-21-41(50)43-23-14-24-44-42-22-7-12-30-51(42)55-52(43)44)35-31-32-40-39-20-5-10-27-47(39)53(48(40)33-35)45-25-8-3-18-37(45)38-19-4-9-26-46(38)53/h1-33H. The third-order valence-corrected chi connectivity index (χ3v) is 13.3. The Kier molecular flexibility index (Phi) is 6.49. The molecule has 9 aromatic carbocycles. The van der Waals surface area contributed by atoms with Gasteiger partial charge >= 0.3 is 0 Å². The van der Waals surface area contributed by atoms with Crippen LogP contribution in [-0.4, -0.2) is 0 Å². The van der Waals surface area contributed by atoms with Gasteiger partial charge in [0.1, 0.15) is 0 Å². The van der Waals surface area contributed by atoms with Crippen LogP contribution in [-0.2, 0) is 5.41 Å². The van der Waals surface area contributed by atoms with Crippen LogP contribution < -0.4 is 4.90 Å². The zero-order chi connectivity index (χ0) is 36.1. The molecule has 0 amide bonds. The molecular formula is C53H33NS. The Hall–Kier alpha value is -6.74. The molecule has 1 nitrogen and oxygen atoms in total. The Bertz CT molecular complexity index is 3120. The summed E-state index contributed by atoms with van der Waals surface area (Å²) in [6.07, 6.45) is 0. The van der Waals surface area contributed by atoms with Gasteiger partial charge in [0.05, 0.1) is 16.8 Å². The van der Waals surface area contributed by atoms with Crippen molar-refractivity contribution in [3.63, 3.8) is 0 Å². The van der Waals surface area contributed by atoms with Crippen molar-refractivity contribution in [1.29, 1.82) is 0 Å². The quantitative estimate of drug-likeness (QED) is 0.175. The fraction of sp³-hybridized carbons (Fsp3) is 0.0189. The summed E-state index contributed by atoms with van der Waals surface area (Å²) in [6.45, 7) is 0. The van der Waals surface area contributed by atoms with E-state index < -0.39 is 5.41 Å². The number of benzene rings is 9. The highest BCUT2D eigenvalue weighted by Gasteiger charge is 2.51. The number of rotatable bonds is 4. The van der Waals surface area contributed by atoms with Crippen molar-refractivity contribution < 1.29 is 0 Å². The molecule has 0 fully saturated rings. The highest BCUT2D eigenvalue weighted by atomic mass is 32.1. The van der Waals surface area contributed by atoms with E-state index >= 15 is 0 Å². The van der Waals surface area contributed by atoms with Gasteiger partial charge in [0.2, 0.25) is 0 Å². The van der Waals surface area contributed by atoms with E-state index in [4.69, 9.17) is 0 Å². The number of hydrogen-bond acceptors (Lipinski definition) is 2. The molecule has 0 unspecified atom stereocenters. The molecule has 0 saturated heterocycles. The van der Waals surface area contributed by atoms with Gasteiger partial charge in [0.25, 0.3) is 0 Å². The van der Waals surface area contributed by atoms with Crippen molar-refractivity contribution in [1.82, 2.24) is 0 Å². The second-order valence-corrected chi connectivity index (χ2v) is 15.8. The molecule has 1 heterocycles. The summed E-state index contributed by atoms with van der Waals surface area (Å²) in [6, 6.07) is 74.5. The van der Waals surface area contributed by atoms with Gasteiger partial charge in [-0.1, -0.05) is 170 Å². The van der Waals surface area contributed by atoms with E-state index in [9.17, 15) is 0 Å². The lowest BCUT2D eigenvalue weighted by Crippen LogP contribution is -2.26. The Balaban J connectivity index is 1.17. The maximum absolute atomic E-state index is 2.52. The summed E-state index contributed by atoms with van der Waals surface area (Å²) in [5.74, 6) is 0. The highest BCUT2D eigenvalue weighted by Crippen LogP contribution is 2.63. The molecule has 256 valence electrons. The van der Waals surface area contributed by atoms with E-state index in [0.29, 0.717) is 0 Å². The van der Waals surface area contributed by atoms with E-state index in [0.717, 1.165) is 17.1 Å². The fourth-order valence-corrected chi connectivity index (χ4v) is 11.1. The number of nitrogens with zero attached hydrogens (tertiary/aromatic N) is 1. The minimum Gasteiger partial charge on any atom is -0.309 e. The Morgan fingerprint density at radius 3 is 1.60 bits per heavy atom. The molecule has 0 aliphatic heterocycles. The summed E-state index contributed by atoms with van der Waals surface area (Å²) < 4.78 is 2.63. The van der Waals surface area contributed by atoms with Crippen LogP contribution >= 0.6 is 11.3 Å². The number of anilines is 3. The zero-order valence-electron chi connectivity index (χ0n) is 29.9. The summed E-state index contributed by atoms with van der Waals surface area (Å²) >= 11 is 1.89. The third kappa shape index (κ3) is 4.18. The van der Waals surface area contributed by atoms with Crippen LogP contribution in [0.2, 0.25) is 0 Å². The van der Waals surface area contributed by atoms with Crippen molar-refractivity contribution in [3.05, 3.63) is 222 Å². The maximum Gasteiger partial charge on any atom is 0.0726 e. The third-order valence-electron chi connectivity index (χ3n) is 12.1. The van der Waals surface area contributed by atoms with Crippen molar-refractivity contribution >= 4 is 59.3 Å². The van der Waals surface area contributed by atoms with Crippen LogP contribution in [0.3, 0.4) is 0 Å². The predicted octanol–water partition coefficient (Wildman–Crippen LogP) is 14.7. The Morgan fingerprint density at radius 2 is 0.855 bits per heavy atom. The zero-order valence-corrected chi connectivity index (χ0v) is 30.7. The Morgan fingerprint density at radius 1 is 0.345 bits per heavy atom. The van der Waals surface area contributed by atoms with Crippen molar-refractivity contribution in [2.24, 2.45) is 0 Å². The number of fused-ring (bicyclic) bond motifs is 14. The van der Waals surface area contributed by atoms with Crippen molar-refractivity contribution in [3.8, 4) is 33.4 Å². The van der Waals surface area contributed by atoms with Crippen LogP contribution in [0.1, 0.15) is 22.3 Å².